The number of alkyl carbamates (subject to hydrolysis) is 2. The summed E-state index contributed by atoms with van der Waals surface area (Å²) in [6, 6.07) is 27.9. The number of nitrogens with one attached hydrogen (secondary N) is 4. The number of nitrogens with zero attached hydrogens (tertiary/aromatic N) is 3. The van der Waals surface area contributed by atoms with E-state index in [-0.39, 0.29) is 78.0 Å². The molecule has 34 heteroatoms. The Kier molecular flexibility index (Phi) is 29.9. The van der Waals surface area contributed by atoms with Gasteiger partial charge in [-0.05, 0) is 71.6 Å². The second kappa shape index (κ2) is 35.3. The molecule has 0 atom stereocenters. The van der Waals surface area contributed by atoms with Crippen LogP contribution in [0.3, 0.4) is 0 Å². The average molecular weight is 1400 g/mol. The Hall–Kier alpha value is -7.52. The van der Waals surface area contributed by atoms with Crippen LogP contribution in [0, 0.1) is 0 Å². The number of aromatic carboxylic acids is 1. The number of hydrogen-bond acceptors (Lipinski definition) is 15. The minimum Gasteiger partial charge on any atom is -0.477 e. The number of amides is 4. The van der Waals surface area contributed by atoms with Gasteiger partial charge >= 0.3 is 36.7 Å². The molecule has 0 unspecified atom stereocenters. The van der Waals surface area contributed by atoms with Crippen LogP contribution in [0.25, 0.3) is 0 Å². The summed E-state index contributed by atoms with van der Waals surface area (Å²) in [5.74, 6) is -0.401. The zero-order valence-corrected chi connectivity index (χ0v) is 50.6. The van der Waals surface area contributed by atoms with Crippen LogP contribution in [0.15, 0.2) is 134 Å². The van der Waals surface area contributed by atoms with Crippen LogP contribution in [-0.4, -0.2) is 64.3 Å². The number of benzene rings is 5. The first-order chi connectivity index (χ1) is 40.6. The van der Waals surface area contributed by atoms with Crippen molar-refractivity contribution in [1.82, 2.24) is 25.6 Å². The number of thiazole rings is 3. The van der Waals surface area contributed by atoms with Gasteiger partial charge in [0.2, 0.25) is 0 Å². The molecule has 0 fully saturated rings. The summed E-state index contributed by atoms with van der Waals surface area (Å²) in [4.78, 5) is 70.5. The van der Waals surface area contributed by atoms with Crippen molar-refractivity contribution in [3.8, 4) is 0 Å². The van der Waals surface area contributed by atoms with Gasteiger partial charge in [-0.1, -0.05) is 111 Å². The molecule has 0 saturated carbocycles. The van der Waals surface area contributed by atoms with Gasteiger partial charge in [0.05, 0.1) is 63.4 Å². The highest BCUT2D eigenvalue weighted by molar-refractivity contribution is 9.08. The Morgan fingerprint density at radius 1 is 0.540 bits per heavy atom. The standard InChI is InChI=1S/C20H15ClF3N3O3S.C13H12N2O4S.C12H9ClF3N3OS.C7H5ClF3N.CH3Br.B/c21-15-7-6-13(8-14(15)20(22,23)24)27-18(28)16-9-25-17(31-16)10-26-19(29)30-11-12-4-2-1-3-5-12;16-12(17)10-6-14-11(20-10)7-15-13(18)19-8-9-4-2-1-3-5-9;13-8-2-1-6(3-7(8)12(14,15)16)19-11(20)9-5-18-10(4-17)21-9;8-6-2-1-4(12)3-5(6)7(9,10)11;1-2;/h1-9H,10-11H2,(H,26,29)(H,27,28);1-6H,7-8H2,(H,15,18)(H,16,17);1-3,5H,4,17H2,(H,19,20);1-3H,12H2;1H3;. The molecule has 3 radical (unpaired) electrons. The number of carboxylic acid groups (broad SMARTS) is 1. The topological polar surface area (TPSA) is 263 Å². The third-order valence-corrected chi connectivity index (χ3v) is 14.0. The number of alkyl halides is 10. The summed E-state index contributed by atoms with van der Waals surface area (Å²) >= 11 is 22.4. The Bertz CT molecular complexity index is 3540. The van der Waals surface area contributed by atoms with E-state index in [2.05, 4.69) is 52.1 Å². The number of carbonyl (C=O) groups excluding carboxylic acids is 4. The molecule has 3 aromatic heterocycles. The first-order valence-electron chi connectivity index (χ1n) is 23.6. The molecule has 8 aromatic rings. The second-order valence-electron chi connectivity index (χ2n) is 16.2. The van der Waals surface area contributed by atoms with Crippen LogP contribution in [0.1, 0.15) is 71.9 Å². The molecule has 5 aromatic carbocycles. The zero-order chi connectivity index (χ0) is 63.8. The van der Waals surface area contributed by atoms with E-state index in [4.69, 9.17) is 60.9 Å². The Morgan fingerprint density at radius 3 is 1.23 bits per heavy atom. The van der Waals surface area contributed by atoms with E-state index in [1.54, 1.807) is 0 Å². The Morgan fingerprint density at radius 2 is 0.885 bits per heavy atom. The number of aromatic nitrogens is 3. The number of carbonyl (C=O) groups is 5. The third kappa shape index (κ3) is 25.4. The lowest BCUT2D eigenvalue weighted by Crippen LogP contribution is -2.23. The van der Waals surface area contributed by atoms with E-state index in [0.29, 0.717) is 15.0 Å². The van der Waals surface area contributed by atoms with Crippen LogP contribution in [0.2, 0.25) is 15.1 Å². The second-order valence-corrected chi connectivity index (χ2v) is 20.8. The number of anilines is 3. The van der Waals surface area contributed by atoms with Crippen LogP contribution in [0.5, 0.6) is 0 Å². The van der Waals surface area contributed by atoms with Crippen molar-refractivity contribution in [2.75, 3.05) is 22.2 Å². The predicted molar refractivity (Wildman–Crippen MR) is 318 cm³/mol. The first-order valence-corrected chi connectivity index (χ1v) is 28.8. The van der Waals surface area contributed by atoms with Crippen molar-refractivity contribution in [1.29, 1.82) is 0 Å². The van der Waals surface area contributed by atoms with Gasteiger partial charge in [0, 0.05) is 32.0 Å². The predicted octanol–water partition coefficient (Wildman–Crippen LogP) is 14.9. The molecule has 0 aliphatic heterocycles. The molecule has 461 valence electrons. The molecule has 0 spiro atoms. The Balaban J connectivity index is 0.000000313. The zero-order valence-electron chi connectivity index (χ0n) is 44.3. The number of nitrogen functional groups attached to an aromatic ring is 1. The van der Waals surface area contributed by atoms with Gasteiger partial charge in [-0.3, -0.25) is 9.59 Å². The lowest BCUT2D eigenvalue weighted by Gasteiger charge is -2.11. The lowest BCUT2D eigenvalue weighted by molar-refractivity contribution is -0.138. The third-order valence-electron chi connectivity index (χ3n) is 10.0. The van der Waals surface area contributed by atoms with Gasteiger partial charge in [-0.2, -0.15) is 39.5 Å². The molecule has 9 N–H and O–H groups in total. The van der Waals surface area contributed by atoms with E-state index >= 15 is 0 Å². The molecular weight excluding hydrogens is 1350 g/mol. The molecule has 0 aliphatic carbocycles. The first kappa shape index (κ1) is 73.7. The largest absolute Gasteiger partial charge is 0.477 e. The summed E-state index contributed by atoms with van der Waals surface area (Å²) in [5, 5.41) is 18.8. The number of nitrogens with two attached hydrogens (primary N) is 2. The smallest absolute Gasteiger partial charge is 0.417 e. The molecule has 17 nitrogen and oxygen atoms in total. The summed E-state index contributed by atoms with van der Waals surface area (Å²) in [5.41, 5.74) is 9.31. The van der Waals surface area contributed by atoms with Crippen molar-refractivity contribution in [2.45, 2.75) is 51.4 Å². The van der Waals surface area contributed by atoms with E-state index in [1.165, 1.54) is 36.8 Å². The van der Waals surface area contributed by atoms with E-state index in [9.17, 15) is 63.5 Å². The van der Waals surface area contributed by atoms with Crippen molar-refractivity contribution >= 4 is 140 Å². The number of ether oxygens (including phenoxy) is 2. The molecule has 4 amide bonds. The maximum atomic E-state index is 12.9. The number of halogens is 13. The van der Waals surface area contributed by atoms with Crippen molar-refractivity contribution in [2.24, 2.45) is 5.73 Å². The molecule has 8 rings (SSSR count). The highest BCUT2D eigenvalue weighted by Gasteiger charge is 2.35. The highest BCUT2D eigenvalue weighted by atomic mass is 79.9. The summed E-state index contributed by atoms with van der Waals surface area (Å²) in [6.07, 6.45) is -11.0. The average Bonchev–Trinajstić information content (AvgIpc) is 4.11. The van der Waals surface area contributed by atoms with E-state index < -0.39 is 75.2 Å². The fourth-order valence-electron chi connectivity index (χ4n) is 6.13. The normalized spacial score (nSPS) is 10.7. The SMILES string of the molecule is CBr.NCc1ncc(C(=O)Nc2ccc(Cl)c(C(F)(F)F)c2)s1.Nc1ccc(Cl)c(C(F)(F)F)c1.O=C(NCc1ncc(C(=O)Nc2ccc(Cl)c(C(F)(F)F)c2)s1)OCc1ccccc1.O=C(NCc1ncc(C(=O)O)s1)OCc1ccccc1.[B]. The minimum absolute atomic E-state index is 0. The summed E-state index contributed by atoms with van der Waals surface area (Å²) in [6.45, 7) is 0.664. The lowest BCUT2D eigenvalue weighted by atomic mass is 10.2. The fourth-order valence-corrected chi connectivity index (χ4v) is 8.94. The maximum Gasteiger partial charge on any atom is 0.417 e. The highest BCUT2D eigenvalue weighted by Crippen LogP contribution is 2.38. The minimum atomic E-state index is -4.64. The van der Waals surface area contributed by atoms with Crippen LogP contribution >= 0.6 is 84.7 Å². The Labute approximate surface area is 526 Å². The molecule has 87 heavy (non-hydrogen) atoms. The molecule has 0 saturated heterocycles. The van der Waals surface area contributed by atoms with Crippen molar-refractivity contribution in [3.63, 3.8) is 0 Å². The van der Waals surface area contributed by atoms with Crippen molar-refractivity contribution in [3.05, 3.63) is 206 Å². The monoisotopic (exact) mass is 1400 g/mol. The summed E-state index contributed by atoms with van der Waals surface area (Å²) in [7, 11) is 0. The van der Waals surface area contributed by atoms with Crippen LogP contribution < -0.4 is 32.7 Å². The summed E-state index contributed by atoms with van der Waals surface area (Å²) < 4.78 is 123. The van der Waals surface area contributed by atoms with Crippen LogP contribution in [0.4, 0.5) is 66.2 Å². The molecule has 3 heterocycles. The van der Waals surface area contributed by atoms with Gasteiger partial charge in [-0.15, -0.1) is 34.0 Å². The van der Waals surface area contributed by atoms with Gasteiger partial charge < -0.3 is 47.3 Å². The van der Waals surface area contributed by atoms with E-state index in [0.717, 1.165) is 81.5 Å². The van der Waals surface area contributed by atoms with Crippen LogP contribution in [-0.2, 0) is 60.9 Å². The van der Waals surface area contributed by atoms with Gasteiger partial charge in [0.1, 0.15) is 42.9 Å². The van der Waals surface area contributed by atoms with E-state index in [1.807, 2.05) is 66.5 Å². The number of hydrogen-bond donors (Lipinski definition) is 7. The maximum absolute atomic E-state index is 12.9. The quantitative estimate of drug-likeness (QED) is 0.0231. The van der Waals surface area contributed by atoms with Gasteiger partial charge in [0.15, 0.2) is 0 Å². The fraction of sp³-hybridized carbons (Fsp3) is 0.170. The number of carboxylic acids is 1. The van der Waals surface area contributed by atoms with Gasteiger partial charge in [-0.25, -0.2) is 29.3 Å². The van der Waals surface area contributed by atoms with Crippen molar-refractivity contribution < 1.29 is 78.1 Å². The molecule has 0 bridgehead atoms. The molecule has 0 aliphatic rings. The molecular formula is C53H44BBrCl3F9N9O8S3. The number of rotatable bonds is 14. The van der Waals surface area contributed by atoms with Gasteiger partial charge in [0.25, 0.3) is 11.8 Å².